The number of nitrogens with zero attached hydrogens (tertiary/aromatic N) is 2. The number of hydrogen-bond donors (Lipinski definition) is 0. The van der Waals surface area contributed by atoms with E-state index < -0.39 is 17.4 Å². The van der Waals surface area contributed by atoms with Gasteiger partial charge in [0.1, 0.15) is 5.72 Å². The van der Waals surface area contributed by atoms with Crippen molar-refractivity contribution in [1.29, 1.82) is 0 Å². The summed E-state index contributed by atoms with van der Waals surface area (Å²) in [4.78, 5) is 28.2. The first-order chi connectivity index (χ1) is 16.9. The topological polar surface area (TPSA) is 51.5 Å². The van der Waals surface area contributed by atoms with E-state index in [9.17, 15) is 9.59 Å². The number of carbonyl (C=O) groups excluding carboxylic acids is 2. The second-order valence-electron chi connectivity index (χ2n) is 9.33. The molecule has 0 aliphatic carbocycles. The third-order valence-electron chi connectivity index (χ3n) is 6.53. The normalized spacial score (nSPS) is 16.9. The third kappa shape index (κ3) is 4.68. The van der Waals surface area contributed by atoms with Crippen LogP contribution in [0, 0.1) is 0 Å². The molecule has 1 fully saturated rings. The van der Waals surface area contributed by atoms with Crippen LogP contribution in [0.15, 0.2) is 103 Å². The van der Waals surface area contributed by atoms with Gasteiger partial charge >= 0.3 is 0 Å². The molecule has 1 aliphatic rings. The lowest BCUT2D eigenvalue weighted by Gasteiger charge is -2.33. The fourth-order valence-corrected chi connectivity index (χ4v) is 4.71. The molecule has 3 aromatic carbocycles. The van der Waals surface area contributed by atoms with Crippen LogP contribution in [0.4, 0.5) is 0 Å². The monoisotopic (exact) mass is 464 g/mol. The average Bonchev–Trinajstić information content (AvgIpc) is 3.49. The molecule has 0 spiro atoms. The zero-order valence-electron chi connectivity index (χ0n) is 19.9. The van der Waals surface area contributed by atoms with Gasteiger partial charge in [0.25, 0.3) is 11.7 Å². The van der Waals surface area contributed by atoms with Gasteiger partial charge in [-0.3, -0.25) is 9.59 Å². The quantitative estimate of drug-likeness (QED) is 0.278. The van der Waals surface area contributed by atoms with Gasteiger partial charge in [0.05, 0.1) is 12.6 Å². The number of amides is 1. The number of rotatable bonds is 6. The predicted molar refractivity (Wildman–Crippen MR) is 136 cm³/mol. The molecule has 35 heavy (non-hydrogen) atoms. The second kappa shape index (κ2) is 9.35. The lowest BCUT2D eigenvalue weighted by Crippen LogP contribution is -2.51. The van der Waals surface area contributed by atoms with Gasteiger partial charge < -0.3 is 14.2 Å². The van der Waals surface area contributed by atoms with E-state index in [4.69, 9.17) is 4.74 Å². The van der Waals surface area contributed by atoms with Crippen LogP contribution < -0.4 is 0 Å². The molecular formula is C30H28N2O3. The summed E-state index contributed by atoms with van der Waals surface area (Å²) in [7, 11) is 0. The number of carbonyl (C=O) groups is 2. The highest BCUT2D eigenvalue weighted by Crippen LogP contribution is 2.30. The van der Waals surface area contributed by atoms with Crippen molar-refractivity contribution >= 4 is 11.7 Å². The van der Waals surface area contributed by atoms with Crippen LogP contribution in [0.3, 0.4) is 0 Å². The maximum atomic E-state index is 13.4. The Kier molecular flexibility index (Phi) is 6.10. The maximum Gasteiger partial charge on any atom is 0.297 e. The van der Waals surface area contributed by atoms with Gasteiger partial charge in [0, 0.05) is 23.6 Å². The molecule has 5 rings (SSSR count). The predicted octanol–water partition coefficient (Wildman–Crippen LogP) is 5.53. The molecule has 0 radical (unpaired) electrons. The second-order valence-corrected chi connectivity index (χ2v) is 9.33. The molecule has 0 N–H and O–H groups in total. The average molecular weight is 465 g/mol. The lowest BCUT2D eigenvalue weighted by molar-refractivity contribution is -0.140. The first-order valence-corrected chi connectivity index (χ1v) is 11.8. The summed E-state index contributed by atoms with van der Waals surface area (Å²) in [5.74, 6) is -1.06. The van der Waals surface area contributed by atoms with Gasteiger partial charge in [-0.15, -0.1) is 0 Å². The van der Waals surface area contributed by atoms with Crippen LogP contribution in [0.25, 0.3) is 16.8 Å². The number of hydrogen-bond acceptors (Lipinski definition) is 3. The summed E-state index contributed by atoms with van der Waals surface area (Å²) in [6.07, 6.45) is 4.16. The number of ketones is 1. The zero-order valence-corrected chi connectivity index (χ0v) is 19.9. The van der Waals surface area contributed by atoms with E-state index in [1.807, 2.05) is 85.3 Å². The van der Waals surface area contributed by atoms with E-state index in [0.29, 0.717) is 18.6 Å². The van der Waals surface area contributed by atoms with Crippen LogP contribution in [-0.4, -0.2) is 39.5 Å². The fraction of sp³-hybridized carbons (Fsp3) is 0.200. The number of Topliss-reactive ketones (excluding diaryl/α,β-unsaturated/α-hetero) is 1. The molecule has 1 amide bonds. The van der Waals surface area contributed by atoms with Gasteiger partial charge in [-0.1, -0.05) is 72.8 Å². The van der Waals surface area contributed by atoms with Crippen LogP contribution >= 0.6 is 0 Å². The number of benzene rings is 3. The Bertz CT molecular complexity index is 1330. The van der Waals surface area contributed by atoms with Crippen molar-refractivity contribution in [3.63, 3.8) is 0 Å². The van der Waals surface area contributed by atoms with Crippen molar-refractivity contribution < 1.29 is 14.3 Å². The lowest BCUT2D eigenvalue weighted by atomic mass is 10.0. The summed E-state index contributed by atoms with van der Waals surface area (Å²) in [6.45, 7) is 4.07. The Morgan fingerprint density at radius 3 is 2.17 bits per heavy atom. The Morgan fingerprint density at radius 2 is 1.49 bits per heavy atom. The molecule has 2 heterocycles. The molecular weight excluding hydrogens is 436 g/mol. The summed E-state index contributed by atoms with van der Waals surface area (Å²) >= 11 is 0. The van der Waals surface area contributed by atoms with Gasteiger partial charge in [-0.25, -0.2) is 0 Å². The van der Waals surface area contributed by atoms with Crippen molar-refractivity contribution in [1.82, 2.24) is 9.47 Å². The van der Waals surface area contributed by atoms with Gasteiger partial charge in [0.2, 0.25) is 0 Å². The van der Waals surface area contributed by atoms with Crippen LogP contribution in [0.2, 0.25) is 0 Å². The van der Waals surface area contributed by atoms with Crippen molar-refractivity contribution in [3.8, 4) is 16.8 Å². The minimum Gasteiger partial charge on any atom is -0.354 e. The zero-order chi connectivity index (χ0) is 24.4. The third-order valence-corrected chi connectivity index (χ3v) is 6.53. The van der Waals surface area contributed by atoms with Crippen molar-refractivity contribution in [2.24, 2.45) is 0 Å². The van der Waals surface area contributed by atoms with E-state index >= 15 is 0 Å². The molecule has 1 saturated heterocycles. The molecule has 0 saturated carbocycles. The summed E-state index contributed by atoms with van der Waals surface area (Å²) in [6, 6.07) is 29.7. The molecule has 0 unspecified atom stereocenters. The largest absolute Gasteiger partial charge is 0.354 e. The minimum atomic E-state index is -0.845. The SMILES string of the molecule is CC1(C)OC[C@H](Cc2ccccc2)N1C(=O)C(=O)c1ccn(-c2ccc(-c3ccccc3)cc2)c1. The molecule has 1 atom stereocenters. The maximum absolute atomic E-state index is 13.4. The van der Waals surface area contributed by atoms with Gasteiger partial charge in [-0.2, -0.15) is 0 Å². The standard InChI is InChI=1S/C30H28N2O3/c1-30(2)32(27(21-35-30)19-22-9-5-3-6-10-22)29(34)28(33)25-17-18-31(20-25)26-15-13-24(14-16-26)23-11-7-4-8-12-23/h3-18,20,27H,19,21H2,1-2H3/t27-/m0/s1. The smallest absolute Gasteiger partial charge is 0.297 e. The van der Waals surface area contributed by atoms with Gasteiger partial charge in [0.15, 0.2) is 0 Å². The summed E-state index contributed by atoms with van der Waals surface area (Å²) in [5, 5.41) is 0. The molecule has 1 aliphatic heterocycles. The van der Waals surface area contributed by atoms with Crippen molar-refractivity contribution in [3.05, 3.63) is 115 Å². The van der Waals surface area contributed by atoms with Crippen molar-refractivity contribution in [2.45, 2.75) is 32.0 Å². The van der Waals surface area contributed by atoms with Gasteiger partial charge in [-0.05, 0) is 55.2 Å². The Labute approximate surface area is 205 Å². The Balaban J connectivity index is 1.34. The molecule has 1 aromatic heterocycles. The highest BCUT2D eigenvalue weighted by Gasteiger charge is 2.45. The van der Waals surface area contributed by atoms with E-state index in [2.05, 4.69) is 24.3 Å². The first kappa shape index (κ1) is 22.8. The Morgan fingerprint density at radius 1 is 0.857 bits per heavy atom. The molecule has 4 aromatic rings. The highest BCUT2D eigenvalue weighted by molar-refractivity contribution is 6.42. The van der Waals surface area contributed by atoms with E-state index in [-0.39, 0.29) is 6.04 Å². The van der Waals surface area contributed by atoms with E-state index in [1.165, 1.54) is 0 Å². The molecule has 5 heteroatoms. The number of aromatic nitrogens is 1. The first-order valence-electron chi connectivity index (χ1n) is 11.8. The van der Waals surface area contributed by atoms with E-state index in [0.717, 1.165) is 22.4 Å². The number of ether oxygens (including phenoxy) is 1. The fourth-order valence-electron chi connectivity index (χ4n) is 4.71. The molecule has 5 nitrogen and oxygen atoms in total. The summed E-state index contributed by atoms with van der Waals surface area (Å²) in [5.41, 5.74) is 3.81. The van der Waals surface area contributed by atoms with Crippen LogP contribution in [-0.2, 0) is 16.0 Å². The van der Waals surface area contributed by atoms with Crippen molar-refractivity contribution in [2.75, 3.05) is 6.61 Å². The van der Waals surface area contributed by atoms with Crippen LogP contribution in [0.5, 0.6) is 0 Å². The molecule has 176 valence electrons. The summed E-state index contributed by atoms with van der Waals surface area (Å²) < 4.78 is 7.78. The Hall–Kier alpha value is -3.96. The van der Waals surface area contributed by atoms with E-state index in [1.54, 1.807) is 17.2 Å². The minimum absolute atomic E-state index is 0.198. The molecule has 0 bridgehead atoms. The van der Waals surface area contributed by atoms with Crippen LogP contribution in [0.1, 0.15) is 29.8 Å². The highest BCUT2D eigenvalue weighted by atomic mass is 16.5.